The Balaban J connectivity index is 2.54. The van der Waals surface area contributed by atoms with Crippen molar-refractivity contribution >= 4 is 16.6 Å². The van der Waals surface area contributed by atoms with E-state index >= 15 is 0 Å². The van der Waals surface area contributed by atoms with Crippen LogP contribution < -0.4 is 5.32 Å². The molecule has 0 atom stereocenters. The normalized spacial score (nSPS) is 11.3. The maximum atomic E-state index is 9.16. The average molecular weight is 256 g/mol. The highest BCUT2D eigenvalue weighted by molar-refractivity contribution is 5.93. The molecule has 0 aliphatic carbocycles. The monoisotopic (exact) mass is 256 g/mol. The highest BCUT2D eigenvalue weighted by Crippen LogP contribution is 2.27. The van der Waals surface area contributed by atoms with Crippen LogP contribution in [-0.2, 0) is 0 Å². The Kier molecular flexibility index (Phi) is 3.63. The van der Waals surface area contributed by atoms with Crippen molar-refractivity contribution in [2.45, 2.75) is 25.8 Å². The number of nitriles is 1. The molecule has 0 bridgehead atoms. The van der Waals surface area contributed by atoms with Gasteiger partial charge in [0.1, 0.15) is 6.07 Å². The van der Waals surface area contributed by atoms with Gasteiger partial charge in [-0.1, -0.05) is 18.2 Å². The minimum atomic E-state index is -0.327. The van der Waals surface area contributed by atoms with E-state index in [1.165, 1.54) is 0 Å². The van der Waals surface area contributed by atoms with Crippen LogP contribution >= 0.6 is 0 Å². The first kappa shape index (κ1) is 13.2. The Morgan fingerprint density at radius 3 is 2.74 bits per heavy atom. The van der Waals surface area contributed by atoms with E-state index in [-0.39, 0.29) is 17.8 Å². The van der Waals surface area contributed by atoms with Crippen LogP contribution in [0.4, 0.5) is 5.69 Å². The van der Waals surface area contributed by atoms with Gasteiger partial charge in [0, 0.05) is 17.5 Å². The van der Waals surface area contributed by atoms with Gasteiger partial charge in [-0.25, -0.2) is 0 Å². The zero-order chi connectivity index (χ0) is 13.9. The predicted octanol–water partition coefficient (Wildman–Crippen LogP) is 2.07. The smallest absolute Gasteiger partial charge is 0.186 e. The van der Waals surface area contributed by atoms with Gasteiger partial charge >= 0.3 is 0 Å². The van der Waals surface area contributed by atoms with Crippen LogP contribution in [0.3, 0.4) is 0 Å². The molecule has 0 saturated heterocycles. The number of rotatable bonds is 4. The molecule has 19 heavy (non-hydrogen) atoms. The highest BCUT2D eigenvalue weighted by Gasteiger charge is 2.20. The quantitative estimate of drug-likeness (QED) is 0.875. The van der Waals surface area contributed by atoms with Crippen LogP contribution in [0, 0.1) is 11.3 Å². The standard InChI is InChI=1S/C14H16N4O/c1-14(2,7-8-19)16-13-10-5-3-4-6-11(10)17-18-12(13)9-15/h3-6,19H,7-8H2,1-2H3,(H,16,17). The Labute approximate surface area is 111 Å². The molecular formula is C14H16N4O. The fourth-order valence-electron chi connectivity index (χ4n) is 1.94. The van der Waals surface area contributed by atoms with E-state index in [0.29, 0.717) is 12.1 Å². The average Bonchev–Trinajstić information content (AvgIpc) is 2.38. The van der Waals surface area contributed by atoms with Crippen molar-refractivity contribution in [1.29, 1.82) is 5.26 Å². The number of fused-ring (bicyclic) bond motifs is 1. The van der Waals surface area contributed by atoms with Gasteiger partial charge in [0.05, 0.1) is 11.2 Å². The van der Waals surface area contributed by atoms with Gasteiger partial charge in [-0.05, 0) is 26.3 Å². The molecule has 2 aromatic rings. The number of nitrogens with one attached hydrogen (secondary N) is 1. The van der Waals surface area contributed by atoms with E-state index in [2.05, 4.69) is 21.6 Å². The van der Waals surface area contributed by atoms with E-state index < -0.39 is 0 Å². The number of hydrogen-bond acceptors (Lipinski definition) is 5. The largest absolute Gasteiger partial charge is 0.396 e. The second-order valence-electron chi connectivity index (χ2n) is 5.04. The number of nitrogens with zero attached hydrogens (tertiary/aromatic N) is 3. The van der Waals surface area contributed by atoms with Gasteiger partial charge in [0.25, 0.3) is 0 Å². The molecule has 5 nitrogen and oxygen atoms in total. The van der Waals surface area contributed by atoms with E-state index in [9.17, 15) is 0 Å². The molecule has 0 radical (unpaired) electrons. The summed E-state index contributed by atoms with van der Waals surface area (Å²) in [6.07, 6.45) is 0.578. The van der Waals surface area contributed by atoms with Crippen LogP contribution in [-0.4, -0.2) is 27.4 Å². The van der Waals surface area contributed by atoms with Gasteiger partial charge in [0.15, 0.2) is 5.69 Å². The Hall–Kier alpha value is -2.19. The van der Waals surface area contributed by atoms with Crippen molar-refractivity contribution < 1.29 is 5.11 Å². The van der Waals surface area contributed by atoms with Crippen LogP contribution in [0.25, 0.3) is 10.9 Å². The summed E-state index contributed by atoms with van der Waals surface area (Å²) in [6, 6.07) is 9.59. The molecule has 1 aromatic carbocycles. The lowest BCUT2D eigenvalue weighted by atomic mass is 10.00. The van der Waals surface area contributed by atoms with Crippen molar-refractivity contribution in [2.75, 3.05) is 11.9 Å². The summed E-state index contributed by atoms with van der Waals surface area (Å²) in [5, 5.41) is 30.4. The summed E-state index contributed by atoms with van der Waals surface area (Å²) in [6.45, 7) is 4.03. The molecular weight excluding hydrogens is 240 g/mol. The third-order valence-corrected chi connectivity index (χ3v) is 2.97. The molecule has 0 aliphatic rings. The Morgan fingerprint density at radius 2 is 2.05 bits per heavy atom. The van der Waals surface area contributed by atoms with E-state index in [4.69, 9.17) is 10.4 Å². The SMILES string of the molecule is CC(C)(CCO)Nc1c(C#N)nnc2ccccc12. The number of anilines is 1. The summed E-state index contributed by atoms with van der Waals surface area (Å²) >= 11 is 0. The molecule has 98 valence electrons. The molecule has 0 saturated carbocycles. The number of aliphatic hydroxyl groups is 1. The summed E-state index contributed by atoms with van der Waals surface area (Å²) in [5.41, 5.74) is 1.35. The first-order valence-electron chi connectivity index (χ1n) is 6.12. The maximum Gasteiger partial charge on any atom is 0.186 e. The van der Waals surface area contributed by atoms with E-state index in [1.807, 2.05) is 38.1 Å². The molecule has 0 aliphatic heterocycles. The molecule has 2 rings (SSSR count). The minimum Gasteiger partial charge on any atom is -0.396 e. The summed E-state index contributed by atoms with van der Waals surface area (Å²) in [7, 11) is 0. The number of hydrogen-bond donors (Lipinski definition) is 2. The molecule has 0 spiro atoms. The Morgan fingerprint density at radius 1 is 1.32 bits per heavy atom. The van der Waals surface area contributed by atoms with Crippen LogP contribution in [0.15, 0.2) is 24.3 Å². The van der Waals surface area contributed by atoms with Crippen molar-refractivity contribution in [3.63, 3.8) is 0 Å². The molecule has 0 unspecified atom stereocenters. The first-order valence-corrected chi connectivity index (χ1v) is 6.12. The van der Waals surface area contributed by atoms with E-state index in [0.717, 1.165) is 10.9 Å². The van der Waals surface area contributed by atoms with Gasteiger partial charge in [-0.2, -0.15) is 5.26 Å². The number of aliphatic hydroxyl groups excluding tert-OH is 1. The highest BCUT2D eigenvalue weighted by atomic mass is 16.3. The maximum absolute atomic E-state index is 9.16. The van der Waals surface area contributed by atoms with Gasteiger partial charge < -0.3 is 10.4 Å². The molecule has 2 N–H and O–H groups in total. The minimum absolute atomic E-state index is 0.0817. The van der Waals surface area contributed by atoms with Crippen molar-refractivity contribution in [3.05, 3.63) is 30.0 Å². The lowest BCUT2D eigenvalue weighted by Gasteiger charge is -2.27. The summed E-state index contributed by atoms with van der Waals surface area (Å²) in [5.74, 6) is 0. The zero-order valence-corrected chi connectivity index (χ0v) is 11.0. The van der Waals surface area contributed by atoms with Gasteiger partial charge in [-0.15, -0.1) is 10.2 Å². The molecule has 1 aromatic heterocycles. The lowest BCUT2D eigenvalue weighted by molar-refractivity contribution is 0.261. The van der Waals surface area contributed by atoms with Gasteiger partial charge in [0.2, 0.25) is 0 Å². The second-order valence-corrected chi connectivity index (χ2v) is 5.04. The lowest BCUT2D eigenvalue weighted by Crippen LogP contribution is -2.32. The number of benzene rings is 1. The molecule has 5 heteroatoms. The van der Waals surface area contributed by atoms with Crippen molar-refractivity contribution in [3.8, 4) is 6.07 Å². The van der Waals surface area contributed by atoms with Crippen LogP contribution in [0.1, 0.15) is 26.0 Å². The topological polar surface area (TPSA) is 81.8 Å². The first-order chi connectivity index (χ1) is 9.07. The van der Waals surface area contributed by atoms with E-state index in [1.54, 1.807) is 0 Å². The molecule has 0 fully saturated rings. The second kappa shape index (κ2) is 5.21. The fraction of sp³-hybridized carbons (Fsp3) is 0.357. The summed E-state index contributed by atoms with van der Waals surface area (Å²) in [4.78, 5) is 0. The van der Waals surface area contributed by atoms with Crippen LogP contribution in [0.5, 0.6) is 0 Å². The predicted molar refractivity (Wildman–Crippen MR) is 73.7 cm³/mol. The third kappa shape index (κ3) is 2.80. The third-order valence-electron chi connectivity index (χ3n) is 2.97. The Bertz CT molecular complexity index is 631. The molecule has 0 amide bonds. The molecule has 1 heterocycles. The number of aromatic nitrogens is 2. The van der Waals surface area contributed by atoms with Crippen molar-refractivity contribution in [2.24, 2.45) is 0 Å². The van der Waals surface area contributed by atoms with Crippen LogP contribution in [0.2, 0.25) is 0 Å². The van der Waals surface area contributed by atoms with Gasteiger partial charge in [-0.3, -0.25) is 0 Å². The summed E-state index contributed by atoms with van der Waals surface area (Å²) < 4.78 is 0. The zero-order valence-electron chi connectivity index (χ0n) is 11.0. The van der Waals surface area contributed by atoms with Crippen molar-refractivity contribution in [1.82, 2.24) is 10.2 Å². The fourth-order valence-corrected chi connectivity index (χ4v) is 1.94.